The molecule has 9 heteroatoms. The molecule has 0 aliphatic heterocycles. The lowest BCUT2D eigenvalue weighted by atomic mass is 9.75. The lowest BCUT2D eigenvalue weighted by Crippen LogP contribution is -2.52. The highest BCUT2D eigenvalue weighted by Gasteiger charge is 2.34. The molecule has 0 spiro atoms. The van der Waals surface area contributed by atoms with Crippen molar-refractivity contribution >= 4 is 29.9 Å². The van der Waals surface area contributed by atoms with E-state index in [1.165, 1.54) is 6.42 Å². The van der Waals surface area contributed by atoms with Gasteiger partial charge in [-0.15, -0.1) is 0 Å². The number of carbonyl (C=O) groups is 2. The van der Waals surface area contributed by atoms with Crippen LogP contribution >= 0.6 is 0 Å². The van der Waals surface area contributed by atoms with E-state index in [-0.39, 0.29) is 24.8 Å². The van der Waals surface area contributed by atoms with E-state index in [9.17, 15) is 19.6 Å². The summed E-state index contributed by atoms with van der Waals surface area (Å²) in [4.78, 5) is 26.7. The van der Waals surface area contributed by atoms with Crippen LogP contribution in [0.25, 0.3) is 11.0 Å². The SMILES string of the molecule is COc1cccc(CNC(=O)C(CC2CCCCC2)C(=O)NC(Cc2coc3ccccc23)B(O)O)c1. The second kappa shape index (κ2) is 12.8. The van der Waals surface area contributed by atoms with E-state index in [2.05, 4.69) is 10.6 Å². The van der Waals surface area contributed by atoms with Crippen LogP contribution in [0.2, 0.25) is 0 Å². The first-order valence-corrected chi connectivity index (χ1v) is 13.0. The molecular formula is C28H35BN2O6. The van der Waals surface area contributed by atoms with Gasteiger partial charge in [-0.1, -0.05) is 62.4 Å². The van der Waals surface area contributed by atoms with E-state index in [0.29, 0.717) is 17.8 Å². The van der Waals surface area contributed by atoms with Crippen molar-refractivity contribution in [1.82, 2.24) is 10.6 Å². The first kappa shape index (κ1) is 26.8. The molecule has 4 N–H and O–H groups in total. The number of nitrogens with one attached hydrogen (secondary N) is 2. The van der Waals surface area contributed by atoms with E-state index in [1.807, 2.05) is 48.5 Å². The van der Waals surface area contributed by atoms with Gasteiger partial charge in [0.15, 0.2) is 0 Å². The lowest BCUT2D eigenvalue weighted by Gasteiger charge is -2.27. The Bertz CT molecular complexity index is 1190. The molecule has 0 radical (unpaired) electrons. The summed E-state index contributed by atoms with van der Waals surface area (Å²) in [5.74, 6) is -1.83. The van der Waals surface area contributed by atoms with E-state index >= 15 is 0 Å². The summed E-state index contributed by atoms with van der Waals surface area (Å²) in [6.07, 6.45) is 7.48. The van der Waals surface area contributed by atoms with Gasteiger partial charge in [-0.2, -0.15) is 0 Å². The van der Waals surface area contributed by atoms with Gasteiger partial charge in [-0.05, 0) is 48.1 Å². The van der Waals surface area contributed by atoms with Crippen molar-refractivity contribution in [3.05, 3.63) is 65.9 Å². The van der Waals surface area contributed by atoms with Crippen molar-refractivity contribution in [1.29, 1.82) is 0 Å². The predicted octanol–water partition coefficient (Wildman–Crippen LogP) is 3.38. The van der Waals surface area contributed by atoms with Crippen LogP contribution in [0.4, 0.5) is 0 Å². The number of hydrogen-bond donors (Lipinski definition) is 4. The number of para-hydroxylation sites is 1. The zero-order valence-electron chi connectivity index (χ0n) is 21.2. The molecule has 8 nitrogen and oxygen atoms in total. The van der Waals surface area contributed by atoms with Crippen LogP contribution in [-0.2, 0) is 22.6 Å². The quantitative estimate of drug-likeness (QED) is 0.234. The molecule has 1 saturated carbocycles. The number of rotatable bonds is 11. The summed E-state index contributed by atoms with van der Waals surface area (Å²) in [5, 5.41) is 26.6. The van der Waals surface area contributed by atoms with E-state index in [0.717, 1.165) is 42.2 Å². The van der Waals surface area contributed by atoms with Gasteiger partial charge in [0.2, 0.25) is 11.8 Å². The van der Waals surface area contributed by atoms with Gasteiger partial charge in [-0.25, -0.2) is 0 Å². The molecule has 2 unspecified atom stereocenters. The first-order valence-electron chi connectivity index (χ1n) is 13.0. The number of methoxy groups -OCH3 is 1. The number of ether oxygens (including phenoxy) is 1. The van der Waals surface area contributed by atoms with Crippen LogP contribution in [0, 0.1) is 11.8 Å². The third kappa shape index (κ3) is 7.14. The Labute approximate surface area is 217 Å². The lowest BCUT2D eigenvalue weighted by molar-refractivity contribution is -0.136. The van der Waals surface area contributed by atoms with Gasteiger partial charge >= 0.3 is 7.12 Å². The Hall–Kier alpha value is -3.30. The maximum Gasteiger partial charge on any atom is 0.475 e. The van der Waals surface area contributed by atoms with Crippen molar-refractivity contribution in [3.63, 3.8) is 0 Å². The molecule has 1 aromatic heterocycles. The molecule has 37 heavy (non-hydrogen) atoms. The van der Waals surface area contributed by atoms with Gasteiger partial charge in [0.05, 0.1) is 19.3 Å². The summed E-state index contributed by atoms with van der Waals surface area (Å²) >= 11 is 0. The second-order valence-corrected chi connectivity index (χ2v) is 9.85. The highest BCUT2D eigenvalue weighted by Crippen LogP contribution is 2.30. The third-order valence-corrected chi connectivity index (χ3v) is 7.22. The largest absolute Gasteiger partial charge is 0.497 e. The van der Waals surface area contributed by atoms with E-state index in [4.69, 9.17) is 9.15 Å². The Morgan fingerprint density at radius 2 is 1.86 bits per heavy atom. The van der Waals surface area contributed by atoms with Crippen LogP contribution in [0.3, 0.4) is 0 Å². The molecule has 1 fully saturated rings. The summed E-state index contributed by atoms with van der Waals surface area (Å²) in [6, 6.07) is 14.8. The molecule has 3 aromatic rings. The minimum atomic E-state index is -1.80. The Morgan fingerprint density at radius 1 is 1.08 bits per heavy atom. The molecule has 1 aliphatic rings. The average molecular weight is 506 g/mol. The van der Waals surface area contributed by atoms with Crippen LogP contribution < -0.4 is 15.4 Å². The normalized spacial score (nSPS) is 15.6. The Balaban J connectivity index is 1.47. The van der Waals surface area contributed by atoms with Crippen LogP contribution in [0.5, 0.6) is 5.75 Å². The zero-order chi connectivity index (χ0) is 26.2. The number of carbonyl (C=O) groups excluding carboxylic acids is 2. The standard InChI is InChI=1S/C28H35BN2O6/c1-36-22-11-7-10-20(14-22)17-30-27(32)24(15-19-8-3-2-4-9-19)28(33)31-26(29(34)35)16-21-18-37-25-13-6-5-12-23(21)25/h5-7,10-14,18-19,24,26,34-35H,2-4,8-9,15-17H2,1H3,(H,30,32)(H,31,33). The monoisotopic (exact) mass is 506 g/mol. The number of hydrogen-bond acceptors (Lipinski definition) is 6. The van der Waals surface area contributed by atoms with Gasteiger partial charge in [-0.3, -0.25) is 9.59 Å². The molecule has 2 amide bonds. The average Bonchev–Trinajstić information content (AvgIpc) is 3.33. The molecule has 1 heterocycles. The fourth-order valence-corrected chi connectivity index (χ4v) is 5.13. The molecular weight excluding hydrogens is 471 g/mol. The number of furan rings is 1. The molecule has 196 valence electrons. The Kier molecular flexibility index (Phi) is 9.25. The van der Waals surface area contributed by atoms with Crippen molar-refractivity contribution < 1.29 is 28.8 Å². The summed E-state index contributed by atoms with van der Waals surface area (Å²) in [7, 11) is -0.214. The molecule has 0 saturated heterocycles. The van der Waals surface area contributed by atoms with Crippen molar-refractivity contribution in [3.8, 4) is 5.75 Å². The van der Waals surface area contributed by atoms with E-state index in [1.54, 1.807) is 13.4 Å². The molecule has 2 atom stereocenters. The number of benzene rings is 2. The van der Waals surface area contributed by atoms with Crippen LogP contribution in [0.1, 0.15) is 49.7 Å². The van der Waals surface area contributed by atoms with E-state index < -0.39 is 24.9 Å². The van der Waals surface area contributed by atoms with Gasteiger partial charge in [0.25, 0.3) is 0 Å². The molecule has 4 rings (SSSR count). The molecule has 1 aliphatic carbocycles. The fourth-order valence-electron chi connectivity index (χ4n) is 5.13. The van der Waals surface area contributed by atoms with Crippen LogP contribution in [-0.4, -0.2) is 42.0 Å². The highest BCUT2D eigenvalue weighted by atomic mass is 16.5. The second-order valence-electron chi connectivity index (χ2n) is 9.85. The summed E-state index contributed by atoms with van der Waals surface area (Å²) in [5.41, 5.74) is 2.29. The minimum absolute atomic E-state index is 0.155. The Morgan fingerprint density at radius 3 is 2.62 bits per heavy atom. The molecule has 2 aromatic carbocycles. The fraction of sp³-hybridized carbons (Fsp3) is 0.429. The van der Waals surface area contributed by atoms with Crippen molar-refractivity contribution in [2.24, 2.45) is 11.8 Å². The van der Waals surface area contributed by atoms with Crippen molar-refractivity contribution in [2.75, 3.05) is 7.11 Å². The van der Waals surface area contributed by atoms with Gasteiger partial charge in [0.1, 0.15) is 17.3 Å². The minimum Gasteiger partial charge on any atom is -0.497 e. The smallest absolute Gasteiger partial charge is 0.475 e. The maximum atomic E-state index is 13.4. The van der Waals surface area contributed by atoms with Gasteiger partial charge in [0, 0.05) is 11.9 Å². The highest BCUT2D eigenvalue weighted by molar-refractivity contribution is 6.43. The third-order valence-electron chi connectivity index (χ3n) is 7.22. The molecule has 0 bridgehead atoms. The maximum absolute atomic E-state index is 13.4. The van der Waals surface area contributed by atoms with Crippen molar-refractivity contribution in [2.45, 2.75) is 57.4 Å². The predicted molar refractivity (Wildman–Crippen MR) is 142 cm³/mol. The number of amides is 2. The number of fused-ring (bicyclic) bond motifs is 1. The summed E-state index contributed by atoms with van der Waals surface area (Å²) in [6.45, 7) is 0.261. The van der Waals surface area contributed by atoms with Crippen LogP contribution in [0.15, 0.2) is 59.2 Å². The van der Waals surface area contributed by atoms with Gasteiger partial charge < -0.3 is 29.8 Å². The summed E-state index contributed by atoms with van der Waals surface area (Å²) < 4.78 is 10.8. The first-order chi connectivity index (χ1) is 17.9. The topological polar surface area (TPSA) is 121 Å². The zero-order valence-corrected chi connectivity index (χ0v) is 21.2.